The molecule has 0 unspecified atom stereocenters. The lowest BCUT2D eigenvalue weighted by Gasteiger charge is -2.39. The zero-order valence-corrected chi connectivity index (χ0v) is 21.3. The fourth-order valence-corrected chi connectivity index (χ4v) is 7.36. The Bertz CT molecular complexity index is 1370. The summed E-state index contributed by atoms with van der Waals surface area (Å²) in [6.45, 7) is 1.72. The topological polar surface area (TPSA) is 118 Å². The molecule has 1 amide bonds. The van der Waals surface area contributed by atoms with Crippen molar-refractivity contribution in [3.63, 3.8) is 0 Å². The number of nitrogens with one attached hydrogen (secondary N) is 1. The molecule has 1 aliphatic heterocycles. The number of methoxy groups -OCH3 is 1. The second-order valence-electron chi connectivity index (χ2n) is 8.49. The minimum Gasteiger partial charge on any atom is -0.406 e. The zero-order valence-electron chi connectivity index (χ0n) is 19.6. The molecular weight excluding hydrogens is 535 g/mol. The van der Waals surface area contributed by atoms with E-state index in [-0.39, 0.29) is 23.5 Å². The molecule has 1 fully saturated rings. The molecule has 0 aliphatic carbocycles. The average Bonchev–Trinajstić information content (AvgIpc) is 3.30. The van der Waals surface area contributed by atoms with Crippen LogP contribution in [0.1, 0.15) is 12.8 Å². The summed E-state index contributed by atoms with van der Waals surface area (Å²) in [4.78, 5) is 19.1. The van der Waals surface area contributed by atoms with E-state index in [1.807, 2.05) is 4.90 Å². The molecule has 0 spiro atoms. The van der Waals surface area contributed by atoms with Gasteiger partial charge in [0.2, 0.25) is 0 Å². The number of hydroxylamine groups is 1. The molecule has 1 saturated heterocycles. The number of alkyl halides is 3. The fraction of sp³-hybridized carbons (Fsp3) is 0.391. The second kappa shape index (κ2) is 10.5. The lowest BCUT2D eigenvalue weighted by Crippen LogP contribution is -2.58. The van der Waals surface area contributed by atoms with Crippen molar-refractivity contribution in [2.45, 2.75) is 28.8 Å². The van der Waals surface area contributed by atoms with Crippen molar-refractivity contribution in [3.05, 3.63) is 42.5 Å². The SMILES string of the molecule is COCCN1CCC(C(=O)NO)(S(=O)(=O)c2ccc3nc(-c4ccc(OC(F)(F)F)cc4)sc3c2)CC1. The number of fused-ring (bicyclic) bond motifs is 1. The van der Waals surface area contributed by atoms with Crippen molar-refractivity contribution < 1.29 is 41.1 Å². The minimum atomic E-state index is -4.80. The van der Waals surface area contributed by atoms with Gasteiger partial charge in [0.25, 0.3) is 5.91 Å². The quantitative estimate of drug-likeness (QED) is 0.318. The van der Waals surface area contributed by atoms with Gasteiger partial charge in [-0.15, -0.1) is 24.5 Å². The van der Waals surface area contributed by atoms with Crippen LogP contribution in [0.3, 0.4) is 0 Å². The molecule has 1 aliphatic rings. The van der Waals surface area contributed by atoms with Crippen LogP contribution in [0.5, 0.6) is 5.75 Å². The Morgan fingerprint density at radius 3 is 2.46 bits per heavy atom. The van der Waals surface area contributed by atoms with Gasteiger partial charge in [-0.05, 0) is 55.3 Å². The van der Waals surface area contributed by atoms with Gasteiger partial charge in [-0.1, -0.05) is 0 Å². The van der Waals surface area contributed by atoms with Gasteiger partial charge in [0.1, 0.15) is 10.8 Å². The van der Waals surface area contributed by atoms with Crippen molar-refractivity contribution in [1.29, 1.82) is 0 Å². The third kappa shape index (κ3) is 5.57. The molecule has 200 valence electrons. The average molecular weight is 560 g/mol. The molecule has 0 radical (unpaired) electrons. The van der Waals surface area contributed by atoms with E-state index in [1.54, 1.807) is 7.11 Å². The summed E-state index contributed by atoms with van der Waals surface area (Å²) in [7, 11) is -2.66. The summed E-state index contributed by atoms with van der Waals surface area (Å²) in [6.07, 6.45) is -4.82. The van der Waals surface area contributed by atoms with Crippen molar-refractivity contribution in [3.8, 4) is 16.3 Å². The molecule has 3 aromatic rings. The number of carbonyl (C=O) groups is 1. The molecule has 1 aromatic heterocycles. The van der Waals surface area contributed by atoms with E-state index in [2.05, 4.69) is 9.72 Å². The van der Waals surface area contributed by atoms with Crippen molar-refractivity contribution in [2.75, 3.05) is 33.4 Å². The molecule has 9 nitrogen and oxygen atoms in total. The Hall–Kier alpha value is -2.78. The van der Waals surface area contributed by atoms with E-state index in [4.69, 9.17) is 4.74 Å². The van der Waals surface area contributed by atoms with E-state index in [0.717, 1.165) is 11.3 Å². The molecule has 0 saturated carbocycles. The Balaban J connectivity index is 1.63. The van der Waals surface area contributed by atoms with Crippen LogP contribution in [0, 0.1) is 0 Å². The lowest BCUT2D eigenvalue weighted by atomic mass is 9.95. The number of piperidine rings is 1. The van der Waals surface area contributed by atoms with Crippen molar-refractivity contribution >= 4 is 37.3 Å². The predicted molar refractivity (Wildman–Crippen MR) is 129 cm³/mol. The monoisotopic (exact) mass is 559 g/mol. The molecule has 14 heteroatoms. The highest BCUT2D eigenvalue weighted by Crippen LogP contribution is 2.39. The standard InChI is InChI=1S/C23H24F3N3O6S2/c1-34-13-12-29-10-8-22(9-11-29,21(30)28-31)37(32,33)17-6-7-18-19(14-17)36-20(27-18)15-2-4-16(5-3-15)35-23(24,25)26/h2-7,14,31H,8-13H2,1H3,(H,28,30). The Morgan fingerprint density at radius 2 is 1.86 bits per heavy atom. The lowest BCUT2D eigenvalue weighted by molar-refractivity contribution is -0.274. The minimum absolute atomic E-state index is 0.0102. The summed E-state index contributed by atoms with van der Waals surface area (Å²) in [6, 6.07) is 9.49. The van der Waals surface area contributed by atoms with E-state index >= 15 is 0 Å². The van der Waals surface area contributed by atoms with Crippen LogP contribution in [0.25, 0.3) is 20.8 Å². The molecule has 2 aromatic carbocycles. The van der Waals surface area contributed by atoms with Crippen LogP contribution in [0.4, 0.5) is 13.2 Å². The van der Waals surface area contributed by atoms with Gasteiger partial charge < -0.3 is 14.4 Å². The number of benzene rings is 2. The number of rotatable bonds is 8. The molecule has 2 N–H and O–H groups in total. The molecule has 2 heterocycles. The van der Waals surface area contributed by atoms with Crippen LogP contribution < -0.4 is 10.2 Å². The number of ether oxygens (including phenoxy) is 2. The zero-order chi connectivity index (χ0) is 26.8. The first kappa shape index (κ1) is 27.3. The number of nitrogens with zero attached hydrogens (tertiary/aromatic N) is 2. The van der Waals surface area contributed by atoms with Crippen molar-refractivity contribution in [2.24, 2.45) is 0 Å². The Kier molecular flexibility index (Phi) is 7.76. The Labute approximate surface area is 214 Å². The maximum atomic E-state index is 13.8. The van der Waals surface area contributed by atoms with Crippen LogP contribution >= 0.6 is 11.3 Å². The second-order valence-corrected chi connectivity index (χ2v) is 11.8. The smallest absolute Gasteiger partial charge is 0.406 e. The van der Waals surface area contributed by atoms with E-state index in [0.29, 0.717) is 47.0 Å². The highest BCUT2D eigenvalue weighted by Gasteiger charge is 2.53. The molecule has 4 rings (SSSR count). The van der Waals surface area contributed by atoms with Crippen LogP contribution in [-0.2, 0) is 19.4 Å². The van der Waals surface area contributed by atoms with Gasteiger partial charge in [0.15, 0.2) is 14.6 Å². The Morgan fingerprint density at radius 1 is 1.19 bits per heavy atom. The third-order valence-corrected chi connectivity index (χ3v) is 9.87. The fourth-order valence-electron chi connectivity index (χ4n) is 4.30. The van der Waals surface area contributed by atoms with E-state index < -0.39 is 26.9 Å². The molecular formula is C23H24F3N3O6S2. The van der Waals surface area contributed by atoms with Gasteiger partial charge in [0, 0.05) is 32.3 Å². The molecule has 37 heavy (non-hydrogen) atoms. The number of amides is 1. The maximum Gasteiger partial charge on any atom is 0.573 e. The van der Waals surface area contributed by atoms with Crippen molar-refractivity contribution in [1.82, 2.24) is 15.4 Å². The number of sulfone groups is 1. The summed E-state index contributed by atoms with van der Waals surface area (Å²) in [5.74, 6) is -1.35. The third-order valence-electron chi connectivity index (χ3n) is 6.31. The van der Waals surface area contributed by atoms with Gasteiger partial charge in [0.05, 0.1) is 21.7 Å². The van der Waals surface area contributed by atoms with Gasteiger partial charge in [-0.25, -0.2) is 18.9 Å². The summed E-state index contributed by atoms with van der Waals surface area (Å²) >= 11 is 1.16. The first-order valence-electron chi connectivity index (χ1n) is 11.2. The predicted octanol–water partition coefficient (Wildman–Crippen LogP) is 3.62. The van der Waals surface area contributed by atoms with Gasteiger partial charge in [-0.2, -0.15) is 0 Å². The van der Waals surface area contributed by atoms with Crippen LogP contribution in [-0.4, -0.2) is 73.9 Å². The molecule has 0 atom stereocenters. The highest BCUT2D eigenvalue weighted by molar-refractivity contribution is 7.93. The summed E-state index contributed by atoms with van der Waals surface area (Å²) < 4.78 is 72.4. The van der Waals surface area contributed by atoms with E-state index in [1.165, 1.54) is 47.9 Å². The number of hydrogen-bond donors (Lipinski definition) is 2. The number of thiazole rings is 1. The van der Waals surface area contributed by atoms with E-state index in [9.17, 15) is 31.6 Å². The highest BCUT2D eigenvalue weighted by atomic mass is 32.2. The van der Waals surface area contributed by atoms with Crippen LogP contribution in [0.15, 0.2) is 47.4 Å². The first-order chi connectivity index (χ1) is 17.5. The van der Waals surface area contributed by atoms with Gasteiger partial charge >= 0.3 is 6.36 Å². The number of hydrogen-bond acceptors (Lipinski definition) is 9. The summed E-state index contributed by atoms with van der Waals surface area (Å²) in [5, 5.41) is 9.85. The largest absolute Gasteiger partial charge is 0.573 e. The first-order valence-corrected chi connectivity index (χ1v) is 13.5. The maximum absolute atomic E-state index is 13.8. The number of aromatic nitrogens is 1. The number of halogens is 3. The normalized spacial score (nSPS) is 16.6. The van der Waals surface area contributed by atoms with Crippen LogP contribution in [0.2, 0.25) is 0 Å². The summed E-state index contributed by atoms with van der Waals surface area (Å²) in [5.41, 5.74) is 2.56. The number of likely N-dealkylation sites (tertiary alicyclic amines) is 1. The number of carbonyl (C=O) groups excluding carboxylic acids is 1. The van der Waals surface area contributed by atoms with Gasteiger partial charge in [-0.3, -0.25) is 10.0 Å². The molecule has 0 bridgehead atoms.